The lowest BCUT2D eigenvalue weighted by Crippen LogP contribution is -2.04. The zero-order chi connectivity index (χ0) is 28.4. The second kappa shape index (κ2) is 9.19. The van der Waals surface area contributed by atoms with Crippen molar-refractivity contribution < 1.29 is 0 Å². The number of hydrogen-bond donors (Lipinski definition) is 0. The number of fused-ring (bicyclic) bond motifs is 6. The number of pyridine rings is 1. The second-order valence-corrected chi connectivity index (χ2v) is 11.0. The van der Waals surface area contributed by atoms with E-state index in [2.05, 4.69) is 120 Å². The Morgan fingerprint density at radius 1 is 0.548 bits per heavy atom. The molecule has 4 nitrogen and oxygen atoms in total. The van der Waals surface area contributed by atoms with Crippen LogP contribution in [0.1, 0.15) is 16.7 Å². The first kappa shape index (κ1) is 24.2. The Labute approximate surface area is 243 Å². The van der Waals surface area contributed by atoms with Crippen LogP contribution in [0.2, 0.25) is 0 Å². The Hall–Kier alpha value is -5.66. The van der Waals surface area contributed by atoms with E-state index >= 15 is 0 Å². The fraction of sp³-hybridized carbons (Fsp3) is 0.0526. The number of hydrogen-bond acceptors (Lipinski definition) is 2. The van der Waals surface area contributed by atoms with Crippen LogP contribution in [-0.4, -0.2) is 14.1 Å². The van der Waals surface area contributed by atoms with Crippen LogP contribution in [0, 0.1) is 25.2 Å². The minimum absolute atomic E-state index is 0.630. The molecule has 3 aromatic heterocycles. The Morgan fingerprint density at radius 3 is 1.76 bits per heavy atom. The molecule has 198 valence electrons. The van der Waals surface area contributed by atoms with E-state index in [1.807, 2.05) is 30.5 Å². The summed E-state index contributed by atoms with van der Waals surface area (Å²) in [4.78, 5) is 5.14. The summed E-state index contributed by atoms with van der Waals surface area (Å²) >= 11 is 0. The summed E-state index contributed by atoms with van der Waals surface area (Å²) in [6.07, 6.45) is 1.98. The van der Waals surface area contributed by atoms with Gasteiger partial charge in [-0.25, -0.2) is 4.98 Å². The first-order valence-corrected chi connectivity index (χ1v) is 14.1. The third-order valence-corrected chi connectivity index (χ3v) is 8.33. The van der Waals surface area contributed by atoms with Crippen molar-refractivity contribution in [1.29, 1.82) is 5.26 Å². The Bertz CT molecular complexity index is 2400. The monoisotopic (exact) mass is 538 g/mol. The summed E-state index contributed by atoms with van der Waals surface area (Å²) in [6, 6.07) is 42.6. The summed E-state index contributed by atoms with van der Waals surface area (Å²) in [5, 5.41) is 14.9. The molecule has 0 unspecified atom stereocenters. The van der Waals surface area contributed by atoms with Crippen molar-refractivity contribution >= 4 is 43.6 Å². The first-order valence-electron chi connectivity index (χ1n) is 14.1. The summed E-state index contributed by atoms with van der Waals surface area (Å²) in [5.74, 6) is 0.815. The van der Waals surface area contributed by atoms with Gasteiger partial charge in [0.1, 0.15) is 5.82 Å². The average molecular weight is 539 g/mol. The van der Waals surface area contributed by atoms with Crippen LogP contribution in [-0.2, 0) is 0 Å². The predicted molar refractivity (Wildman–Crippen MR) is 173 cm³/mol. The number of rotatable bonds is 3. The summed E-state index contributed by atoms with van der Waals surface area (Å²) < 4.78 is 4.55. The molecule has 0 radical (unpaired) electrons. The van der Waals surface area contributed by atoms with E-state index in [4.69, 9.17) is 4.98 Å². The van der Waals surface area contributed by atoms with Gasteiger partial charge in [0.05, 0.1) is 45.6 Å². The highest BCUT2D eigenvalue weighted by atomic mass is 15.1. The third kappa shape index (κ3) is 3.51. The highest BCUT2D eigenvalue weighted by molar-refractivity contribution is 6.11. The first-order chi connectivity index (χ1) is 20.6. The van der Waals surface area contributed by atoms with Gasteiger partial charge >= 0.3 is 0 Å². The van der Waals surface area contributed by atoms with Gasteiger partial charge in [0.15, 0.2) is 0 Å². The third-order valence-electron chi connectivity index (χ3n) is 8.33. The fourth-order valence-corrected chi connectivity index (χ4v) is 6.44. The molecule has 0 aliphatic rings. The van der Waals surface area contributed by atoms with Crippen LogP contribution in [0.15, 0.2) is 121 Å². The number of nitriles is 1. The zero-order valence-corrected chi connectivity index (χ0v) is 23.3. The van der Waals surface area contributed by atoms with Gasteiger partial charge in [-0.15, -0.1) is 0 Å². The Morgan fingerprint density at radius 2 is 1.10 bits per heavy atom. The Kier molecular flexibility index (Phi) is 5.29. The van der Waals surface area contributed by atoms with E-state index in [-0.39, 0.29) is 0 Å². The van der Waals surface area contributed by atoms with Gasteiger partial charge in [0.2, 0.25) is 0 Å². The lowest BCUT2D eigenvalue weighted by Gasteiger charge is -2.17. The van der Waals surface area contributed by atoms with Crippen molar-refractivity contribution in [2.24, 2.45) is 0 Å². The summed E-state index contributed by atoms with van der Waals surface area (Å²) in [5.41, 5.74) is 10.2. The van der Waals surface area contributed by atoms with Crippen molar-refractivity contribution in [3.63, 3.8) is 0 Å². The molecule has 0 saturated carbocycles. The van der Waals surface area contributed by atoms with E-state index in [1.165, 1.54) is 32.7 Å². The van der Waals surface area contributed by atoms with E-state index < -0.39 is 0 Å². The van der Waals surface area contributed by atoms with Crippen molar-refractivity contribution in [2.45, 2.75) is 13.8 Å². The summed E-state index contributed by atoms with van der Waals surface area (Å²) in [6.45, 7) is 4.25. The molecule has 0 amide bonds. The average Bonchev–Trinajstić information content (AvgIpc) is 3.52. The van der Waals surface area contributed by atoms with Crippen LogP contribution in [0.3, 0.4) is 0 Å². The van der Waals surface area contributed by atoms with Crippen LogP contribution in [0.4, 0.5) is 0 Å². The molecule has 0 aliphatic heterocycles. The number of aryl methyl sites for hydroxylation is 2. The van der Waals surface area contributed by atoms with E-state index in [9.17, 15) is 5.26 Å². The highest BCUT2D eigenvalue weighted by Crippen LogP contribution is 2.39. The summed E-state index contributed by atoms with van der Waals surface area (Å²) in [7, 11) is 0. The van der Waals surface area contributed by atoms with Gasteiger partial charge in [-0.2, -0.15) is 5.26 Å². The maximum Gasteiger partial charge on any atom is 0.138 e. The molecule has 0 fully saturated rings. The SMILES string of the molecule is Cc1ccc2c3ccccc3n(-c3cc(-c4ccccc4C#N)c(-n4c5ccccc5c5ccc(C)cc54)cn3)c2c1. The number of aromatic nitrogens is 3. The van der Waals surface area contributed by atoms with E-state index in [0.29, 0.717) is 5.56 Å². The minimum Gasteiger partial charge on any atom is -0.307 e. The molecule has 0 saturated heterocycles. The van der Waals surface area contributed by atoms with E-state index in [0.717, 1.165) is 44.7 Å². The van der Waals surface area contributed by atoms with Gasteiger partial charge in [0, 0.05) is 32.7 Å². The lowest BCUT2D eigenvalue weighted by atomic mass is 9.99. The normalized spacial score (nSPS) is 11.5. The van der Waals surface area contributed by atoms with Crippen molar-refractivity contribution in [1.82, 2.24) is 14.1 Å². The van der Waals surface area contributed by atoms with Gasteiger partial charge in [-0.05, 0) is 61.4 Å². The molecule has 0 atom stereocenters. The quantitative estimate of drug-likeness (QED) is 0.225. The van der Waals surface area contributed by atoms with Crippen molar-refractivity contribution in [2.75, 3.05) is 0 Å². The molecular formula is C38H26N4. The van der Waals surface area contributed by atoms with E-state index in [1.54, 1.807) is 0 Å². The highest BCUT2D eigenvalue weighted by Gasteiger charge is 2.20. The molecule has 5 aromatic carbocycles. The molecular weight excluding hydrogens is 512 g/mol. The minimum atomic E-state index is 0.630. The van der Waals surface area contributed by atoms with Crippen molar-refractivity contribution in [3.05, 3.63) is 138 Å². The molecule has 8 aromatic rings. The predicted octanol–water partition coefficient (Wildman–Crippen LogP) is 9.43. The Balaban J connectivity index is 1.51. The van der Waals surface area contributed by atoms with Crippen LogP contribution >= 0.6 is 0 Å². The molecule has 3 heterocycles. The lowest BCUT2D eigenvalue weighted by molar-refractivity contribution is 1.05. The molecule has 0 bridgehead atoms. The van der Waals surface area contributed by atoms with Gasteiger partial charge in [0.25, 0.3) is 0 Å². The number of para-hydroxylation sites is 2. The smallest absolute Gasteiger partial charge is 0.138 e. The number of nitrogens with zero attached hydrogens (tertiary/aromatic N) is 4. The maximum absolute atomic E-state index is 10.2. The van der Waals surface area contributed by atoms with Gasteiger partial charge in [-0.1, -0.05) is 78.9 Å². The molecule has 4 heteroatoms. The second-order valence-electron chi connectivity index (χ2n) is 11.0. The van der Waals surface area contributed by atoms with Gasteiger partial charge in [-0.3, -0.25) is 4.57 Å². The molecule has 8 rings (SSSR count). The van der Waals surface area contributed by atoms with Crippen LogP contribution < -0.4 is 0 Å². The molecule has 0 N–H and O–H groups in total. The van der Waals surface area contributed by atoms with Crippen molar-refractivity contribution in [3.8, 4) is 28.7 Å². The van der Waals surface area contributed by atoms with Gasteiger partial charge < -0.3 is 4.57 Å². The standard InChI is InChI=1S/C38H26N4/c1-24-15-17-30-28-11-5-7-13-33(28)41(35(30)19-24)37-23-40-38(21-32(37)27-10-4-3-9-26(27)22-39)42-34-14-8-6-12-29(34)31-18-16-25(2)20-36(31)42/h3-21,23H,1-2H3. The maximum atomic E-state index is 10.2. The fourth-order valence-electron chi connectivity index (χ4n) is 6.44. The molecule has 0 spiro atoms. The van der Waals surface area contributed by atoms with Crippen LogP contribution in [0.5, 0.6) is 0 Å². The molecule has 0 aliphatic carbocycles. The number of benzene rings is 5. The molecule has 42 heavy (non-hydrogen) atoms. The van der Waals surface area contributed by atoms with Crippen LogP contribution in [0.25, 0.3) is 66.2 Å². The largest absolute Gasteiger partial charge is 0.307 e. The zero-order valence-electron chi connectivity index (χ0n) is 23.3. The topological polar surface area (TPSA) is 46.5 Å².